The van der Waals surface area contributed by atoms with Crippen molar-refractivity contribution in [1.82, 2.24) is 20.0 Å². The van der Waals surface area contributed by atoms with Crippen LogP contribution in [0.1, 0.15) is 62.5 Å². The molecular weight excluding hydrogens is 252 g/mol. The third-order valence-corrected chi connectivity index (χ3v) is 3.73. The molecule has 1 aliphatic rings. The second-order valence-corrected chi connectivity index (χ2v) is 5.56. The quantitative estimate of drug-likeness (QED) is 0.843. The molecule has 0 radical (unpaired) electrons. The third kappa shape index (κ3) is 2.93. The van der Waals surface area contributed by atoms with Gasteiger partial charge in [-0.25, -0.2) is 0 Å². The largest absolute Gasteiger partial charge is 0.342 e. The van der Waals surface area contributed by atoms with Crippen LogP contribution in [0.4, 0.5) is 0 Å². The van der Waals surface area contributed by atoms with Crippen LogP contribution in [0.2, 0.25) is 0 Å². The Morgan fingerprint density at radius 1 is 1.50 bits per heavy atom. The molecule has 2 aromatic rings. The van der Waals surface area contributed by atoms with Crippen molar-refractivity contribution in [3.8, 4) is 0 Å². The molecule has 1 aliphatic carbocycles. The Balaban J connectivity index is 1.68. The monoisotopic (exact) mass is 274 g/mol. The van der Waals surface area contributed by atoms with E-state index in [1.165, 1.54) is 18.5 Å². The molecule has 1 fully saturated rings. The van der Waals surface area contributed by atoms with E-state index in [1.807, 2.05) is 0 Å². The van der Waals surface area contributed by atoms with Crippen molar-refractivity contribution >= 4 is 0 Å². The summed E-state index contributed by atoms with van der Waals surface area (Å²) in [5.41, 5.74) is 1.26. The van der Waals surface area contributed by atoms with Gasteiger partial charge >= 0.3 is 0 Å². The molecule has 2 heterocycles. The van der Waals surface area contributed by atoms with Crippen LogP contribution in [-0.2, 0) is 6.54 Å². The fourth-order valence-electron chi connectivity index (χ4n) is 2.41. The van der Waals surface area contributed by atoms with Gasteiger partial charge in [-0.3, -0.25) is 0 Å². The van der Waals surface area contributed by atoms with Crippen molar-refractivity contribution in [3.05, 3.63) is 35.7 Å². The molecule has 0 amide bonds. The van der Waals surface area contributed by atoms with E-state index in [2.05, 4.69) is 52.2 Å². The Bertz CT molecular complexity index is 556. The van der Waals surface area contributed by atoms with Gasteiger partial charge in [-0.1, -0.05) is 12.1 Å². The molecule has 0 spiro atoms. The van der Waals surface area contributed by atoms with Gasteiger partial charge in [0, 0.05) is 23.9 Å². The fraction of sp³-hybridized carbons (Fsp3) is 0.600. The minimum atomic E-state index is 0.333. The van der Waals surface area contributed by atoms with Gasteiger partial charge in [-0.05, 0) is 44.9 Å². The Labute approximate surface area is 119 Å². The number of nitrogens with one attached hydrogen (secondary N) is 1. The highest BCUT2D eigenvalue weighted by Gasteiger charge is 2.29. The van der Waals surface area contributed by atoms with E-state index < -0.39 is 0 Å². The molecule has 1 N–H and O–H groups in total. The predicted octanol–water partition coefficient (Wildman–Crippen LogP) is 2.86. The maximum absolute atomic E-state index is 5.31. The number of hydrogen-bond acceptors (Lipinski definition) is 4. The zero-order valence-electron chi connectivity index (χ0n) is 12.2. The van der Waals surface area contributed by atoms with Gasteiger partial charge in [-0.2, -0.15) is 4.98 Å². The highest BCUT2D eigenvalue weighted by Crippen LogP contribution is 2.38. The third-order valence-electron chi connectivity index (χ3n) is 3.73. The van der Waals surface area contributed by atoms with Crippen LogP contribution in [-0.4, -0.2) is 21.3 Å². The van der Waals surface area contributed by atoms with Crippen LogP contribution in [0, 0.1) is 0 Å². The van der Waals surface area contributed by atoms with E-state index in [0.29, 0.717) is 18.5 Å². The lowest BCUT2D eigenvalue weighted by molar-refractivity contribution is 0.372. The molecule has 0 saturated heterocycles. The van der Waals surface area contributed by atoms with Crippen LogP contribution >= 0.6 is 0 Å². The number of aromatic nitrogens is 3. The number of nitrogens with zero attached hydrogens (tertiary/aromatic N) is 3. The molecule has 5 heteroatoms. The maximum Gasteiger partial charge on any atom is 0.229 e. The molecule has 0 aliphatic heterocycles. The summed E-state index contributed by atoms with van der Waals surface area (Å²) >= 11 is 0. The zero-order chi connectivity index (χ0) is 13.9. The van der Waals surface area contributed by atoms with Crippen LogP contribution in [0.15, 0.2) is 22.9 Å². The number of rotatable bonds is 7. The topological polar surface area (TPSA) is 55.9 Å². The molecule has 1 atom stereocenters. The molecule has 0 aromatic carbocycles. The smallest absolute Gasteiger partial charge is 0.229 e. The number of hydrogen-bond donors (Lipinski definition) is 1. The van der Waals surface area contributed by atoms with Crippen molar-refractivity contribution in [2.24, 2.45) is 0 Å². The molecule has 1 saturated carbocycles. The van der Waals surface area contributed by atoms with E-state index in [4.69, 9.17) is 4.52 Å². The normalized spacial score (nSPS) is 16.5. The van der Waals surface area contributed by atoms with E-state index in [9.17, 15) is 0 Å². The van der Waals surface area contributed by atoms with Gasteiger partial charge in [0.2, 0.25) is 5.89 Å². The van der Waals surface area contributed by atoms with E-state index in [1.54, 1.807) is 0 Å². The van der Waals surface area contributed by atoms with Crippen molar-refractivity contribution in [2.75, 3.05) is 6.54 Å². The maximum atomic E-state index is 5.31. The Kier molecular flexibility index (Phi) is 3.87. The average molecular weight is 274 g/mol. The summed E-state index contributed by atoms with van der Waals surface area (Å²) in [4.78, 5) is 4.49. The van der Waals surface area contributed by atoms with Gasteiger partial charge < -0.3 is 14.4 Å². The second kappa shape index (κ2) is 5.79. The Morgan fingerprint density at radius 3 is 3.10 bits per heavy atom. The van der Waals surface area contributed by atoms with Crippen LogP contribution in [0.3, 0.4) is 0 Å². The summed E-state index contributed by atoms with van der Waals surface area (Å²) in [6, 6.07) is 4.55. The molecule has 0 bridgehead atoms. The summed E-state index contributed by atoms with van der Waals surface area (Å²) in [6.45, 7) is 6.07. The van der Waals surface area contributed by atoms with Crippen LogP contribution in [0.5, 0.6) is 0 Å². The van der Waals surface area contributed by atoms with Gasteiger partial charge in [-0.15, -0.1) is 0 Å². The highest BCUT2D eigenvalue weighted by molar-refractivity contribution is 5.13. The zero-order valence-corrected chi connectivity index (χ0v) is 12.2. The van der Waals surface area contributed by atoms with Crippen LogP contribution in [0.25, 0.3) is 0 Å². The summed E-state index contributed by atoms with van der Waals surface area (Å²) in [5, 5.41) is 7.60. The first-order valence-corrected chi connectivity index (χ1v) is 7.48. The SMILES string of the molecule is CCCNC(C)c1cccn1Cc1noc(C2CC2)n1. The minimum Gasteiger partial charge on any atom is -0.342 e. The van der Waals surface area contributed by atoms with Gasteiger partial charge in [0.05, 0.1) is 6.54 Å². The first-order chi connectivity index (χ1) is 9.78. The molecule has 1 unspecified atom stereocenters. The van der Waals surface area contributed by atoms with Crippen molar-refractivity contribution in [1.29, 1.82) is 0 Å². The molecule has 108 valence electrons. The summed E-state index contributed by atoms with van der Waals surface area (Å²) in [5.74, 6) is 2.10. The summed E-state index contributed by atoms with van der Waals surface area (Å²) in [6.07, 6.45) is 5.59. The van der Waals surface area contributed by atoms with Gasteiger partial charge in [0.15, 0.2) is 5.82 Å². The van der Waals surface area contributed by atoms with Gasteiger partial charge in [0.1, 0.15) is 0 Å². The molecular formula is C15H22N4O. The lowest BCUT2D eigenvalue weighted by Gasteiger charge is -2.15. The Hall–Kier alpha value is -1.62. The molecule has 2 aromatic heterocycles. The molecule has 3 rings (SSSR count). The predicted molar refractivity (Wildman–Crippen MR) is 76.5 cm³/mol. The fourth-order valence-corrected chi connectivity index (χ4v) is 2.41. The summed E-state index contributed by atoms with van der Waals surface area (Å²) < 4.78 is 7.50. The molecule has 5 nitrogen and oxygen atoms in total. The van der Waals surface area contributed by atoms with Crippen LogP contribution < -0.4 is 5.32 Å². The highest BCUT2D eigenvalue weighted by atomic mass is 16.5. The van der Waals surface area contributed by atoms with Crippen molar-refractivity contribution in [2.45, 2.75) is 51.6 Å². The van der Waals surface area contributed by atoms with E-state index >= 15 is 0 Å². The van der Waals surface area contributed by atoms with E-state index in [-0.39, 0.29) is 0 Å². The lowest BCUT2D eigenvalue weighted by atomic mass is 10.2. The average Bonchev–Trinajstić information content (AvgIpc) is 3.02. The van der Waals surface area contributed by atoms with Crippen molar-refractivity contribution < 1.29 is 4.52 Å². The standard InChI is InChI=1S/C15H22N4O/c1-3-8-16-11(2)13-5-4-9-19(13)10-14-17-15(20-18-14)12-6-7-12/h4-5,9,11-12,16H,3,6-8,10H2,1-2H3. The minimum absolute atomic E-state index is 0.333. The first-order valence-electron chi connectivity index (χ1n) is 7.48. The van der Waals surface area contributed by atoms with Gasteiger partial charge in [0.25, 0.3) is 0 Å². The lowest BCUT2D eigenvalue weighted by Crippen LogP contribution is -2.22. The van der Waals surface area contributed by atoms with Crippen molar-refractivity contribution in [3.63, 3.8) is 0 Å². The Morgan fingerprint density at radius 2 is 2.35 bits per heavy atom. The first kappa shape index (κ1) is 13.4. The molecule has 20 heavy (non-hydrogen) atoms. The second-order valence-electron chi connectivity index (χ2n) is 5.56. The van der Waals surface area contributed by atoms with E-state index in [0.717, 1.165) is 24.7 Å². The summed E-state index contributed by atoms with van der Waals surface area (Å²) in [7, 11) is 0.